The van der Waals surface area contributed by atoms with Gasteiger partial charge in [0.25, 0.3) is 17.4 Å². The number of aliphatic hydroxyl groups is 1. The largest absolute Gasteiger partial charge is 0.507 e. The lowest BCUT2D eigenvalue weighted by Crippen LogP contribution is -2.42. The molecule has 2 aromatic rings. The fourth-order valence-electron chi connectivity index (χ4n) is 4.52. The quantitative estimate of drug-likeness (QED) is 0.211. The number of aliphatic hydroxyl groups excluding tert-OH is 1. The lowest BCUT2D eigenvalue weighted by atomic mass is 9.94. The average molecular weight is 482 g/mol. The van der Waals surface area contributed by atoms with E-state index in [0.717, 1.165) is 5.56 Å². The van der Waals surface area contributed by atoms with Crippen LogP contribution in [-0.4, -0.2) is 78.0 Å². The van der Waals surface area contributed by atoms with Crippen LogP contribution in [0.15, 0.2) is 48.0 Å². The monoisotopic (exact) mass is 481 g/mol. The van der Waals surface area contributed by atoms with Crippen LogP contribution in [0.5, 0.6) is 5.75 Å². The second-order valence-electron chi connectivity index (χ2n) is 8.48. The van der Waals surface area contributed by atoms with Crippen LogP contribution in [-0.2, 0) is 14.3 Å². The van der Waals surface area contributed by atoms with E-state index in [1.54, 1.807) is 31.2 Å². The standard InChI is InChI=1S/C25H27N3O7/c1-16-14-18(6-7-20(16)34-2)23(29)21-22(17-4-3-5-19(15-17)28(32)33)27(25(31)24(21)30)9-8-26-10-12-35-13-11-26/h3-7,14-15,22,29H,8-13H2,1-2H3/b23-21+. The zero-order valence-electron chi connectivity index (χ0n) is 19.6. The smallest absolute Gasteiger partial charge is 0.295 e. The SMILES string of the molecule is COc1ccc(/C(O)=C2\C(=O)C(=O)N(CCN3CCOCC3)C2c2cccc([N+](=O)[O-])c2)cc1C. The Morgan fingerprint density at radius 2 is 1.91 bits per heavy atom. The van der Waals surface area contributed by atoms with E-state index in [0.29, 0.717) is 49.7 Å². The Labute approximate surface area is 202 Å². The van der Waals surface area contributed by atoms with Crippen LogP contribution in [0.4, 0.5) is 5.69 Å². The number of aryl methyl sites for hydroxylation is 1. The predicted molar refractivity (Wildman–Crippen MR) is 127 cm³/mol. The number of likely N-dealkylation sites (tertiary alicyclic amines) is 1. The molecule has 0 bridgehead atoms. The number of nitro groups is 1. The molecular weight excluding hydrogens is 454 g/mol. The van der Waals surface area contributed by atoms with Crippen LogP contribution in [0, 0.1) is 17.0 Å². The minimum absolute atomic E-state index is 0.0953. The molecule has 184 valence electrons. The van der Waals surface area contributed by atoms with Crippen molar-refractivity contribution in [3.05, 3.63) is 74.8 Å². The molecule has 1 unspecified atom stereocenters. The van der Waals surface area contributed by atoms with Gasteiger partial charge in [-0.25, -0.2) is 0 Å². The van der Waals surface area contributed by atoms with Crippen LogP contribution < -0.4 is 4.74 Å². The molecule has 10 heteroatoms. The zero-order valence-corrected chi connectivity index (χ0v) is 19.6. The van der Waals surface area contributed by atoms with Crippen LogP contribution >= 0.6 is 0 Å². The molecule has 2 aliphatic rings. The van der Waals surface area contributed by atoms with E-state index in [1.807, 2.05) is 0 Å². The first-order valence-electron chi connectivity index (χ1n) is 11.3. The van der Waals surface area contributed by atoms with Crippen molar-refractivity contribution >= 4 is 23.1 Å². The molecule has 0 saturated carbocycles. The van der Waals surface area contributed by atoms with E-state index in [2.05, 4.69) is 4.90 Å². The average Bonchev–Trinajstić information content (AvgIpc) is 3.12. The first kappa shape index (κ1) is 24.4. The molecule has 2 aromatic carbocycles. The molecule has 0 spiro atoms. The fourth-order valence-corrected chi connectivity index (χ4v) is 4.52. The van der Waals surface area contributed by atoms with Gasteiger partial charge in [0.05, 0.1) is 36.9 Å². The van der Waals surface area contributed by atoms with Crippen molar-refractivity contribution in [1.82, 2.24) is 9.80 Å². The number of benzene rings is 2. The third-order valence-corrected chi connectivity index (χ3v) is 6.37. The highest BCUT2D eigenvalue weighted by Gasteiger charge is 2.46. The number of morpholine rings is 1. The predicted octanol–water partition coefficient (Wildman–Crippen LogP) is 2.67. The first-order chi connectivity index (χ1) is 16.8. The summed E-state index contributed by atoms with van der Waals surface area (Å²) < 4.78 is 10.6. The minimum atomic E-state index is -0.960. The summed E-state index contributed by atoms with van der Waals surface area (Å²) in [6, 6.07) is 9.79. The molecule has 10 nitrogen and oxygen atoms in total. The van der Waals surface area contributed by atoms with Gasteiger partial charge in [-0.05, 0) is 36.2 Å². The summed E-state index contributed by atoms with van der Waals surface area (Å²) in [5.74, 6) is -1.29. The molecule has 0 aliphatic carbocycles. The normalized spacial score (nSPS) is 20.3. The molecule has 1 amide bonds. The Bertz CT molecular complexity index is 1190. The van der Waals surface area contributed by atoms with Gasteiger partial charge in [0.2, 0.25) is 0 Å². The number of carbonyl (C=O) groups excluding carboxylic acids is 2. The Hall–Kier alpha value is -3.76. The van der Waals surface area contributed by atoms with E-state index < -0.39 is 22.7 Å². The second kappa shape index (κ2) is 10.2. The Morgan fingerprint density at radius 3 is 2.57 bits per heavy atom. The number of hydrogen-bond acceptors (Lipinski definition) is 8. The van der Waals surface area contributed by atoms with Crippen molar-refractivity contribution in [3.8, 4) is 5.75 Å². The van der Waals surface area contributed by atoms with Crippen molar-refractivity contribution in [3.63, 3.8) is 0 Å². The van der Waals surface area contributed by atoms with Crippen molar-refractivity contribution in [2.24, 2.45) is 0 Å². The topological polar surface area (TPSA) is 122 Å². The van der Waals surface area contributed by atoms with E-state index in [9.17, 15) is 24.8 Å². The van der Waals surface area contributed by atoms with Gasteiger partial charge in [-0.2, -0.15) is 0 Å². The molecule has 0 aromatic heterocycles. The highest BCUT2D eigenvalue weighted by molar-refractivity contribution is 6.46. The summed E-state index contributed by atoms with van der Waals surface area (Å²) >= 11 is 0. The minimum Gasteiger partial charge on any atom is -0.507 e. The molecular formula is C25H27N3O7. The number of methoxy groups -OCH3 is 1. The fraction of sp³-hybridized carbons (Fsp3) is 0.360. The number of carbonyl (C=O) groups is 2. The highest BCUT2D eigenvalue weighted by atomic mass is 16.6. The third kappa shape index (κ3) is 4.89. The summed E-state index contributed by atoms with van der Waals surface area (Å²) in [4.78, 5) is 40.7. The van der Waals surface area contributed by atoms with E-state index in [1.165, 1.54) is 30.2 Å². The lowest BCUT2D eigenvalue weighted by molar-refractivity contribution is -0.384. The van der Waals surface area contributed by atoms with Gasteiger partial charge >= 0.3 is 0 Å². The van der Waals surface area contributed by atoms with Gasteiger partial charge < -0.3 is 19.5 Å². The summed E-state index contributed by atoms with van der Waals surface area (Å²) in [6.45, 7) is 5.11. The summed E-state index contributed by atoms with van der Waals surface area (Å²) in [5, 5.41) is 22.6. The van der Waals surface area contributed by atoms with Crippen LogP contribution in [0.25, 0.3) is 5.76 Å². The zero-order chi connectivity index (χ0) is 25.1. The van der Waals surface area contributed by atoms with Crippen molar-refractivity contribution < 1.29 is 29.1 Å². The van der Waals surface area contributed by atoms with Crippen LogP contribution in [0.1, 0.15) is 22.7 Å². The van der Waals surface area contributed by atoms with Crippen molar-refractivity contribution in [2.45, 2.75) is 13.0 Å². The maximum absolute atomic E-state index is 13.2. The van der Waals surface area contributed by atoms with E-state index >= 15 is 0 Å². The number of ketones is 1. The molecule has 1 atom stereocenters. The molecule has 2 heterocycles. The summed E-state index contributed by atoms with van der Waals surface area (Å²) in [6.07, 6.45) is 0. The number of nitrogens with zero attached hydrogens (tertiary/aromatic N) is 3. The number of rotatable bonds is 7. The maximum Gasteiger partial charge on any atom is 0.295 e. The molecule has 2 aliphatic heterocycles. The van der Waals surface area contributed by atoms with Gasteiger partial charge in [-0.15, -0.1) is 0 Å². The van der Waals surface area contributed by atoms with Crippen molar-refractivity contribution in [2.75, 3.05) is 46.5 Å². The number of ether oxygens (including phenoxy) is 2. The third-order valence-electron chi connectivity index (χ3n) is 6.37. The van der Waals surface area contributed by atoms with E-state index in [-0.39, 0.29) is 23.6 Å². The summed E-state index contributed by atoms with van der Waals surface area (Å²) in [7, 11) is 1.53. The van der Waals surface area contributed by atoms with E-state index in [4.69, 9.17) is 9.47 Å². The number of nitro benzene ring substituents is 1. The lowest BCUT2D eigenvalue weighted by Gasteiger charge is -2.31. The molecule has 0 radical (unpaired) electrons. The Kier molecular flexibility index (Phi) is 7.13. The molecule has 2 fully saturated rings. The number of amides is 1. The Morgan fingerprint density at radius 1 is 1.17 bits per heavy atom. The van der Waals surface area contributed by atoms with Crippen molar-refractivity contribution in [1.29, 1.82) is 0 Å². The molecule has 1 N–H and O–H groups in total. The molecule has 35 heavy (non-hydrogen) atoms. The number of Topliss-reactive ketones (excluding diaryl/α,β-unsaturated/α-hetero) is 1. The molecule has 4 rings (SSSR count). The maximum atomic E-state index is 13.2. The van der Waals surface area contributed by atoms with Gasteiger partial charge in [0.15, 0.2) is 0 Å². The second-order valence-corrected chi connectivity index (χ2v) is 8.48. The number of hydrogen-bond donors (Lipinski definition) is 1. The highest BCUT2D eigenvalue weighted by Crippen LogP contribution is 2.40. The summed E-state index contributed by atoms with van der Waals surface area (Å²) in [5.41, 5.74) is 1.21. The Balaban J connectivity index is 1.78. The first-order valence-corrected chi connectivity index (χ1v) is 11.3. The van der Waals surface area contributed by atoms with Gasteiger partial charge in [-0.3, -0.25) is 24.6 Å². The van der Waals surface area contributed by atoms with Crippen LogP contribution in [0.3, 0.4) is 0 Å². The van der Waals surface area contributed by atoms with Gasteiger partial charge in [0, 0.05) is 43.9 Å². The van der Waals surface area contributed by atoms with Crippen LogP contribution in [0.2, 0.25) is 0 Å². The molecule has 2 saturated heterocycles. The van der Waals surface area contributed by atoms with Gasteiger partial charge in [0.1, 0.15) is 11.5 Å². The number of non-ortho nitro benzene ring substituents is 1. The van der Waals surface area contributed by atoms with Gasteiger partial charge in [-0.1, -0.05) is 12.1 Å².